The zero-order valence-electron chi connectivity index (χ0n) is 19.0. The number of methoxy groups -OCH3 is 2. The molecule has 0 spiro atoms. The van der Waals surface area contributed by atoms with Crippen LogP contribution in [0.5, 0.6) is 5.88 Å². The van der Waals surface area contributed by atoms with Gasteiger partial charge in [-0.1, -0.05) is 0 Å². The fraction of sp³-hybridized carbons (Fsp3) is 0.273. The summed E-state index contributed by atoms with van der Waals surface area (Å²) >= 11 is 1.27. The van der Waals surface area contributed by atoms with E-state index in [9.17, 15) is 9.59 Å². The molecule has 0 aliphatic carbocycles. The van der Waals surface area contributed by atoms with Gasteiger partial charge in [0.25, 0.3) is 5.91 Å². The SMILES string of the molecule is COCc1nc(OC)c2c(C)c(C(=O)Nc3ccc(NC(=O)C(C)n4cncn4)cc3)sc2n1. The van der Waals surface area contributed by atoms with Gasteiger partial charge >= 0.3 is 0 Å². The van der Waals surface area contributed by atoms with E-state index < -0.39 is 6.04 Å². The highest BCUT2D eigenvalue weighted by Gasteiger charge is 2.21. The van der Waals surface area contributed by atoms with Gasteiger partial charge in [0.15, 0.2) is 5.82 Å². The Morgan fingerprint density at radius 1 is 1.12 bits per heavy atom. The fourth-order valence-corrected chi connectivity index (χ4v) is 4.40. The molecule has 0 bridgehead atoms. The standard InChI is InChI=1S/C22H23N7O4S/c1-12-17-21(33-4)27-16(9-32-3)28-22(17)34-18(12)20(31)26-15-7-5-14(6-8-15)25-19(30)13(2)29-11-23-10-24-29/h5-8,10-11,13H,9H2,1-4H3,(H,25,30)(H,26,31). The van der Waals surface area contributed by atoms with Crippen LogP contribution in [0.1, 0.15) is 34.0 Å². The number of hydrogen-bond donors (Lipinski definition) is 2. The van der Waals surface area contributed by atoms with Crippen molar-refractivity contribution < 1.29 is 19.1 Å². The Morgan fingerprint density at radius 2 is 1.82 bits per heavy atom. The lowest BCUT2D eigenvalue weighted by Gasteiger charge is -2.12. The smallest absolute Gasteiger partial charge is 0.266 e. The number of hydrogen-bond acceptors (Lipinski definition) is 9. The number of amides is 2. The molecule has 4 rings (SSSR count). The highest BCUT2D eigenvalue weighted by atomic mass is 32.1. The van der Waals surface area contributed by atoms with E-state index in [-0.39, 0.29) is 18.4 Å². The Morgan fingerprint density at radius 3 is 2.44 bits per heavy atom. The number of ether oxygens (including phenoxy) is 2. The van der Waals surface area contributed by atoms with Crippen LogP contribution in [0.25, 0.3) is 10.2 Å². The summed E-state index contributed by atoms with van der Waals surface area (Å²) in [5, 5.41) is 10.4. The van der Waals surface area contributed by atoms with Gasteiger partial charge in [-0.3, -0.25) is 9.59 Å². The van der Waals surface area contributed by atoms with Gasteiger partial charge in [0.1, 0.15) is 30.1 Å². The largest absolute Gasteiger partial charge is 0.480 e. The van der Waals surface area contributed by atoms with E-state index in [0.717, 1.165) is 5.56 Å². The van der Waals surface area contributed by atoms with E-state index in [2.05, 4.69) is 30.7 Å². The molecule has 1 aromatic carbocycles. The van der Waals surface area contributed by atoms with E-state index in [1.807, 2.05) is 6.92 Å². The predicted octanol–water partition coefficient (Wildman–Crippen LogP) is 3.20. The number of nitrogens with one attached hydrogen (secondary N) is 2. The van der Waals surface area contributed by atoms with E-state index in [1.165, 1.54) is 35.8 Å². The van der Waals surface area contributed by atoms with Crippen molar-refractivity contribution in [3.63, 3.8) is 0 Å². The molecule has 2 N–H and O–H groups in total. The molecular weight excluding hydrogens is 458 g/mol. The Labute approximate surface area is 199 Å². The molecule has 4 aromatic rings. The summed E-state index contributed by atoms with van der Waals surface area (Å²) in [5.74, 6) is 0.388. The number of fused-ring (bicyclic) bond motifs is 1. The Balaban J connectivity index is 1.48. The molecule has 0 saturated carbocycles. The van der Waals surface area contributed by atoms with Crippen molar-refractivity contribution in [3.05, 3.63) is 53.2 Å². The Bertz CT molecular complexity index is 1320. The summed E-state index contributed by atoms with van der Waals surface area (Å²) in [6, 6.07) is 6.35. The number of carbonyl (C=O) groups excluding carboxylic acids is 2. The van der Waals surface area contributed by atoms with Crippen molar-refractivity contribution in [1.29, 1.82) is 0 Å². The summed E-state index contributed by atoms with van der Waals surface area (Å²) in [4.78, 5) is 39.3. The summed E-state index contributed by atoms with van der Waals surface area (Å²) in [7, 11) is 3.09. The van der Waals surface area contributed by atoms with E-state index in [4.69, 9.17) is 9.47 Å². The van der Waals surface area contributed by atoms with Crippen LogP contribution in [0, 0.1) is 6.92 Å². The molecule has 3 heterocycles. The molecule has 1 unspecified atom stereocenters. The molecule has 2 amide bonds. The van der Waals surface area contributed by atoms with Gasteiger partial charge in [0.05, 0.1) is 17.4 Å². The molecule has 0 aliphatic heterocycles. The molecule has 34 heavy (non-hydrogen) atoms. The van der Waals surface area contributed by atoms with Gasteiger partial charge < -0.3 is 20.1 Å². The molecule has 3 aromatic heterocycles. The van der Waals surface area contributed by atoms with Gasteiger partial charge in [0.2, 0.25) is 11.8 Å². The third-order valence-corrected chi connectivity index (χ3v) is 6.28. The van der Waals surface area contributed by atoms with Crippen LogP contribution in [-0.4, -0.2) is 50.8 Å². The van der Waals surface area contributed by atoms with Crippen molar-refractivity contribution >= 4 is 44.7 Å². The number of aromatic nitrogens is 5. The molecule has 1 atom stereocenters. The van der Waals surface area contributed by atoms with Crippen molar-refractivity contribution in [3.8, 4) is 5.88 Å². The van der Waals surface area contributed by atoms with Crippen LogP contribution >= 0.6 is 11.3 Å². The zero-order valence-corrected chi connectivity index (χ0v) is 19.8. The second kappa shape index (κ2) is 9.93. The summed E-state index contributed by atoms with van der Waals surface area (Å²) in [6.45, 7) is 3.80. The average molecular weight is 482 g/mol. The number of aryl methyl sites for hydroxylation is 1. The number of thiophene rings is 1. The lowest BCUT2D eigenvalue weighted by atomic mass is 10.2. The van der Waals surface area contributed by atoms with E-state index in [0.29, 0.717) is 38.2 Å². The summed E-state index contributed by atoms with van der Waals surface area (Å²) in [5.41, 5.74) is 1.92. The number of anilines is 2. The number of rotatable bonds is 8. The maximum Gasteiger partial charge on any atom is 0.266 e. The van der Waals surface area contributed by atoms with Gasteiger partial charge in [0, 0.05) is 18.5 Å². The monoisotopic (exact) mass is 481 g/mol. The fourth-order valence-electron chi connectivity index (χ4n) is 3.31. The van der Waals surface area contributed by atoms with Crippen molar-refractivity contribution in [2.75, 3.05) is 24.9 Å². The molecule has 11 nitrogen and oxygen atoms in total. The normalized spacial score (nSPS) is 11.9. The molecular formula is C22H23N7O4S. The molecule has 0 aliphatic rings. The lowest BCUT2D eigenvalue weighted by molar-refractivity contribution is -0.119. The molecule has 12 heteroatoms. The minimum atomic E-state index is -0.512. The molecule has 0 saturated heterocycles. The van der Waals surface area contributed by atoms with Gasteiger partial charge in [-0.15, -0.1) is 11.3 Å². The van der Waals surface area contributed by atoms with Crippen LogP contribution in [-0.2, 0) is 16.1 Å². The molecule has 0 fully saturated rings. The topological polar surface area (TPSA) is 133 Å². The van der Waals surface area contributed by atoms with Crippen LogP contribution in [0.15, 0.2) is 36.9 Å². The number of nitrogens with zero attached hydrogens (tertiary/aromatic N) is 5. The quantitative estimate of drug-likeness (QED) is 0.392. The molecule has 0 radical (unpaired) electrons. The van der Waals surface area contributed by atoms with Crippen molar-refractivity contribution in [1.82, 2.24) is 24.7 Å². The Kier molecular flexibility index (Phi) is 6.80. The first-order chi connectivity index (χ1) is 16.4. The zero-order chi connectivity index (χ0) is 24.2. The van der Waals surface area contributed by atoms with E-state index >= 15 is 0 Å². The van der Waals surface area contributed by atoms with Crippen LogP contribution in [0.3, 0.4) is 0 Å². The van der Waals surface area contributed by atoms with Gasteiger partial charge in [-0.2, -0.15) is 10.1 Å². The third kappa shape index (κ3) is 4.72. The lowest BCUT2D eigenvalue weighted by Crippen LogP contribution is -2.24. The van der Waals surface area contributed by atoms with Gasteiger partial charge in [-0.25, -0.2) is 14.6 Å². The highest BCUT2D eigenvalue weighted by Crippen LogP contribution is 2.35. The maximum atomic E-state index is 13.0. The highest BCUT2D eigenvalue weighted by molar-refractivity contribution is 7.20. The Hall–Kier alpha value is -3.90. The number of benzene rings is 1. The second-order valence-electron chi connectivity index (χ2n) is 7.39. The minimum absolute atomic E-state index is 0.230. The predicted molar refractivity (Wildman–Crippen MR) is 127 cm³/mol. The van der Waals surface area contributed by atoms with Crippen molar-refractivity contribution in [2.24, 2.45) is 0 Å². The van der Waals surface area contributed by atoms with Crippen LogP contribution in [0.4, 0.5) is 11.4 Å². The minimum Gasteiger partial charge on any atom is -0.480 e. The summed E-state index contributed by atoms with van der Waals surface area (Å²) in [6.07, 6.45) is 2.86. The first-order valence-corrected chi connectivity index (χ1v) is 11.1. The first-order valence-electron chi connectivity index (χ1n) is 10.3. The number of carbonyl (C=O) groups is 2. The summed E-state index contributed by atoms with van der Waals surface area (Å²) < 4.78 is 12.0. The van der Waals surface area contributed by atoms with Crippen LogP contribution in [0.2, 0.25) is 0 Å². The second-order valence-corrected chi connectivity index (χ2v) is 8.39. The maximum absolute atomic E-state index is 13.0. The molecule has 176 valence electrons. The van der Waals surface area contributed by atoms with E-state index in [1.54, 1.807) is 38.3 Å². The first kappa shape index (κ1) is 23.3. The third-order valence-electron chi connectivity index (χ3n) is 5.10. The van der Waals surface area contributed by atoms with Crippen LogP contribution < -0.4 is 15.4 Å². The van der Waals surface area contributed by atoms with Gasteiger partial charge in [-0.05, 0) is 43.7 Å². The average Bonchev–Trinajstić information content (AvgIpc) is 3.48. The van der Waals surface area contributed by atoms with Crippen molar-refractivity contribution in [2.45, 2.75) is 26.5 Å².